The molecule has 2 N–H and O–H groups in total. The van der Waals surface area contributed by atoms with Gasteiger partial charge in [0.05, 0.1) is 26.0 Å². The molecule has 0 atom stereocenters. The lowest BCUT2D eigenvalue weighted by Gasteiger charge is -2.11. The highest BCUT2D eigenvalue weighted by Crippen LogP contribution is 2.29. The number of halogens is 1. The van der Waals surface area contributed by atoms with Crippen LogP contribution >= 0.6 is 27.3 Å². The van der Waals surface area contributed by atoms with E-state index >= 15 is 0 Å². The number of nitrogens with zero attached hydrogens (tertiary/aromatic N) is 3. The minimum atomic E-state index is -1.03. The molecule has 0 aliphatic carbocycles. The summed E-state index contributed by atoms with van der Waals surface area (Å²) in [6, 6.07) is 18.8. The van der Waals surface area contributed by atoms with E-state index in [4.69, 9.17) is 14.2 Å². The molecule has 0 unspecified atom stereocenters. The van der Waals surface area contributed by atoms with E-state index in [1.807, 2.05) is 30.3 Å². The molecule has 13 heteroatoms. The van der Waals surface area contributed by atoms with E-state index in [-0.39, 0.29) is 16.4 Å². The van der Waals surface area contributed by atoms with Crippen molar-refractivity contribution < 1.29 is 28.6 Å². The maximum absolute atomic E-state index is 12.7. The van der Waals surface area contributed by atoms with Crippen LogP contribution in [0.4, 0.5) is 5.13 Å². The van der Waals surface area contributed by atoms with Crippen molar-refractivity contribution in [1.82, 2.24) is 15.6 Å². The average Bonchev–Trinajstić information content (AvgIpc) is 3.42. The average molecular weight is 610 g/mol. The molecule has 0 radical (unpaired) electrons. The first kappa shape index (κ1) is 27.4. The van der Waals surface area contributed by atoms with Gasteiger partial charge in [0.15, 0.2) is 11.5 Å². The Morgan fingerprint density at radius 1 is 0.897 bits per heavy atom. The number of anilines is 1. The Kier molecular flexibility index (Phi) is 8.97. The van der Waals surface area contributed by atoms with Gasteiger partial charge in [-0.15, -0.1) is 10.2 Å². The van der Waals surface area contributed by atoms with Crippen LogP contribution in [-0.4, -0.2) is 48.4 Å². The summed E-state index contributed by atoms with van der Waals surface area (Å²) >= 11 is 4.47. The molecule has 39 heavy (non-hydrogen) atoms. The number of methoxy groups -OCH3 is 2. The Labute approximate surface area is 234 Å². The van der Waals surface area contributed by atoms with Gasteiger partial charge in [-0.25, -0.2) is 10.2 Å². The van der Waals surface area contributed by atoms with Gasteiger partial charge in [0, 0.05) is 15.6 Å². The van der Waals surface area contributed by atoms with E-state index in [1.54, 1.807) is 24.3 Å². The highest BCUT2D eigenvalue weighted by Gasteiger charge is 2.17. The third kappa shape index (κ3) is 7.03. The number of esters is 1. The standard InChI is InChI=1S/C26H20BrN5O6S/c1-36-20-10-8-16(13-21(20)37-2)25(35)38-19-11-9-18(27)12-17(19)14-28-30-23(34)22(33)29-26-32-31-24(39-26)15-6-4-3-5-7-15/h3-14H,1-2H3,(H,30,34)(H,29,32,33). The lowest BCUT2D eigenvalue weighted by Crippen LogP contribution is -2.32. The second-order valence-corrected chi connectivity index (χ2v) is 9.47. The third-order valence-electron chi connectivity index (χ3n) is 5.04. The molecular formula is C26H20BrN5O6S. The number of carbonyl (C=O) groups excluding carboxylic acids is 3. The minimum Gasteiger partial charge on any atom is -0.493 e. The van der Waals surface area contributed by atoms with Crippen LogP contribution in [0.2, 0.25) is 0 Å². The normalized spacial score (nSPS) is 10.6. The van der Waals surface area contributed by atoms with Crippen molar-refractivity contribution in [3.63, 3.8) is 0 Å². The lowest BCUT2D eigenvalue weighted by molar-refractivity contribution is -0.136. The number of benzene rings is 3. The quantitative estimate of drug-likeness (QED) is 0.0990. The van der Waals surface area contributed by atoms with Crippen LogP contribution in [0, 0.1) is 0 Å². The number of rotatable bonds is 8. The van der Waals surface area contributed by atoms with Crippen molar-refractivity contribution in [2.24, 2.45) is 5.10 Å². The van der Waals surface area contributed by atoms with Crippen molar-refractivity contribution in [1.29, 1.82) is 0 Å². The fourth-order valence-electron chi connectivity index (χ4n) is 3.17. The highest BCUT2D eigenvalue weighted by molar-refractivity contribution is 9.10. The van der Waals surface area contributed by atoms with Crippen LogP contribution in [-0.2, 0) is 9.59 Å². The molecule has 0 saturated heterocycles. The number of carbonyl (C=O) groups is 3. The molecule has 0 spiro atoms. The number of amides is 2. The molecule has 1 heterocycles. The van der Waals surface area contributed by atoms with E-state index in [0.29, 0.717) is 26.5 Å². The number of aromatic nitrogens is 2. The predicted molar refractivity (Wildman–Crippen MR) is 148 cm³/mol. The van der Waals surface area contributed by atoms with Crippen LogP contribution < -0.4 is 25.0 Å². The number of hydrazone groups is 1. The Hall–Kier alpha value is -4.62. The topological polar surface area (TPSA) is 141 Å². The molecule has 0 aliphatic heterocycles. The molecule has 1 aromatic heterocycles. The van der Waals surface area contributed by atoms with Gasteiger partial charge in [0.2, 0.25) is 5.13 Å². The van der Waals surface area contributed by atoms with Gasteiger partial charge in [-0.05, 0) is 36.4 Å². The van der Waals surface area contributed by atoms with Gasteiger partial charge >= 0.3 is 17.8 Å². The van der Waals surface area contributed by atoms with E-state index in [2.05, 4.69) is 42.0 Å². The Morgan fingerprint density at radius 3 is 2.38 bits per heavy atom. The van der Waals surface area contributed by atoms with E-state index in [1.165, 1.54) is 32.6 Å². The Morgan fingerprint density at radius 2 is 1.64 bits per heavy atom. The van der Waals surface area contributed by atoms with Crippen molar-refractivity contribution in [3.05, 3.63) is 82.3 Å². The largest absolute Gasteiger partial charge is 0.493 e. The van der Waals surface area contributed by atoms with Gasteiger partial charge in [0.1, 0.15) is 10.8 Å². The monoisotopic (exact) mass is 609 g/mol. The van der Waals surface area contributed by atoms with Gasteiger partial charge in [0.25, 0.3) is 0 Å². The molecular weight excluding hydrogens is 590 g/mol. The van der Waals surface area contributed by atoms with Crippen LogP contribution in [0.25, 0.3) is 10.6 Å². The molecule has 4 rings (SSSR count). The zero-order valence-corrected chi connectivity index (χ0v) is 22.9. The van der Waals surface area contributed by atoms with Gasteiger partial charge in [-0.1, -0.05) is 57.6 Å². The molecule has 4 aromatic rings. The summed E-state index contributed by atoms with van der Waals surface area (Å²) in [4.78, 5) is 37.3. The van der Waals surface area contributed by atoms with Crippen molar-refractivity contribution in [3.8, 4) is 27.8 Å². The van der Waals surface area contributed by atoms with E-state index in [9.17, 15) is 14.4 Å². The second-order valence-electron chi connectivity index (χ2n) is 7.57. The Bertz CT molecular complexity index is 1540. The van der Waals surface area contributed by atoms with Crippen molar-refractivity contribution in [2.45, 2.75) is 0 Å². The number of ether oxygens (including phenoxy) is 3. The smallest absolute Gasteiger partial charge is 0.343 e. The van der Waals surface area contributed by atoms with E-state index in [0.717, 1.165) is 16.9 Å². The lowest BCUT2D eigenvalue weighted by atomic mass is 10.2. The zero-order valence-electron chi connectivity index (χ0n) is 20.5. The van der Waals surface area contributed by atoms with Crippen LogP contribution in [0.5, 0.6) is 17.2 Å². The zero-order chi connectivity index (χ0) is 27.8. The first-order valence-corrected chi connectivity index (χ1v) is 12.8. The van der Waals surface area contributed by atoms with Crippen molar-refractivity contribution >= 4 is 56.4 Å². The molecule has 0 bridgehead atoms. The summed E-state index contributed by atoms with van der Waals surface area (Å²) in [5.41, 5.74) is 3.56. The van der Waals surface area contributed by atoms with Gasteiger partial charge in [-0.3, -0.25) is 14.9 Å². The third-order valence-corrected chi connectivity index (χ3v) is 6.42. The molecule has 0 saturated carbocycles. The summed E-state index contributed by atoms with van der Waals surface area (Å²) in [6.07, 6.45) is 1.24. The molecule has 0 fully saturated rings. The van der Waals surface area contributed by atoms with Gasteiger partial charge in [-0.2, -0.15) is 5.10 Å². The molecule has 198 valence electrons. The maximum Gasteiger partial charge on any atom is 0.343 e. The SMILES string of the molecule is COc1ccc(C(=O)Oc2ccc(Br)cc2C=NNC(=O)C(=O)Nc2nnc(-c3ccccc3)s2)cc1OC. The fraction of sp³-hybridized carbons (Fsp3) is 0.0769. The van der Waals surface area contributed by atoms with Crippen molar-refractivity contribution in [2.75, 3.05) is 19.5 Å². The minimum absolute atomic E-state index is 0.161. The predicted octanol–water partition coefficient (Wildman–Crippen LogP) is 4.29. The first-order chi connectivity index (χ1) is 18.9. The highest BCUT2D eigenvalue weighted by atomic mass is 79.9. The van der Waals surface area contributed by atoms with Crippen LogP contribution in [0.3, 0.4) is 0 Å². The first-order valence-electron chi connectivity index (χ1n) is 11.1. The fourth-order valence-corrected chi connectivity index (χ4v) is 4.29. The molecule has 3 aromatic carbocycles. The summed E-state index contributed by atoms with van der Waals surface area (Å²) in [7, 11) is 2.95. The molecule has 2 amide bonds. The Balaban J connectivity index is 1.39. The van der Waals surface area contributed by atoms with E-state index < -0.39 is 17.8 Å². The van der Waals surface area contributed by atoms with Crippen LogP contribution in [0.1, 0.15) is 15.9 Å². The summed E-state index contributed by atoms with van der Waals surface area (Å²) in [5, 5.41) is 14.9. The number of nitrogens with one attached hydrogen (secondary N) is 2. The molecule has 11 nitrogen and oxygen atoms in total. The number of hydrogen-bond acceptors (Lipinski definition) is 10. The summed E-state index contributed by atoms with van der Waals surface area (Å²) in [6.45, 7) is 0. The maximum atomic E-state index is 12.7. The van der Waals surface area contributed by atoms with Gasteiger partial charge < -0.3 is 14.2 Å². The summed E-state index contributed by atoms with van der Waals surface area (Å²) in [5.74, 6) is -1.65. The second kappa shape index (κ2) is 12.8. The van der Waals surface area contributed by atoms with Crippen LogP contribution in [0.15, 0.2) is 76.3 Å². The molecule has 0 aliphatic rings. The number of hydrogen-bond donors (Lipinski definition) is 2. The summed E-state index contributed by atoms with van der Waals surface area (Å²) < 4.78 is 16.6.